The minimum atomic E-state index is -0.340. The molecule has 0 N–H and O–H groups in total. The van der Waals surface area contributed by atoms with Gasteiger partial charge in [0.2, 0.25) is 0 Å². The van der Waals surface area contributed by atoms with Gasteiger partial charge in [-0.3, -0.25) is 4.57 Å². The summed E-state index contributed by atoms with van der Waals surface area (Å²) < 4.78 is 7.26. The summed E-state index contributed by atoms with van der Waals surface area (Å²) in [5.74, 6) is -0.340. The number of esters is 1. The summed E-state index contributed by atoms with van der Waals surface area (Å²) in [4.78, 5) is 12.1. The normalized spacial score (nSPS) is 10.2. The van der Waals surface area contributed by atoms with Crippen LogP contribution in [0.3, 0.4) is 0 Å². The molecule has 0 aliphatic carbocycles. The van der Waals surface area contributed by atoms with Gasteiger partial charge in [-0.1, -0.05) is 29.5 Å². The van der Waals surface area contributed by atoms with E-state index in [1.807, 2.05) is 41.8 Å². The second-order valence-corrected chi connectivity index (χ2v) is 5.09. The van der Waals surface area contributed by atoms with Crippen LogP contribution in [0.4, 0.5) is 0 Å². The standard InChI is InChI=1S/C12H11NO2S2/c1-8-10(11(14)15-2)17-12(16)13(8)9-6-4-3-5-7-9/h3-7H,1-2H3. The van der Waals surface area contributed by atoms with Crippen LogP contribution in [0.2, 0.25) is 0 Å². The van der Waals surface area contributed by atoms with Crippen molar-refractivity contribution in [1.82, 2.24) is 4.57 Å². The van der Waals surface area contributed by atoms with Crippen molar-refractivity contribution in [3.8, 4) is 5.69 Å². The monoisotopic (exact) mass is 265 g/mol. The Hall–Kier alpha value is -1.46. The molecule has 2 aromatic rings. The molecule has 0 aliphatic rings. The lowest BCUT2D eigenvalue weighted by Crippen LogP contribution is -2.03. The van der Waals surface area contributed by atoms with Crippen molar-refractivity contribution in [3.63, 3.8) is 0 Å². The molecule has 1 aromatic heterocycles. The summed E-state index contributed by atoms with van der Waals surface area (Å²) in [7, 11) is 1.37. The van der Waals surface area contributed by atoms with Gasteiger partial charge in [0.15, 0.2) is 3.95 Å². The minimum Gasteiger partial charge on any atom is -0.465 e. The topological polar surface area (TPSA) is 31.2 Å². The van der Waals surface area contributed by atoms with E-state index in [4.69, 9.17) is 17.0 Å². The molecule has 1 heterocycles. The summed E-state index contributed by atoms with van der Waals surface area (Å²) in [6.45, 7) is 1.87. The van der Waals surface area contributed by atoms with Crippen molar-refractivity contribution < 1.29 is 9.53 Å². The van der Waals surface area contributed by atoms with Crippen LogP contribution in [0.15, 0.2) is 30.3 Å². The van der Waals surface area contributed by atoms with E-state index in [-0.39, 0.29) is 5.97 Å². The van der Waals surface area contributed by atoms with E-state index in [1.54, 1.807) is 0 Å². The maximum atomic E-state index is 11.6. The lowest BCUT2D eigenvalue weighted by molar-refractivity contribution is 0.0605. The second kappa shape index (κ2) is 4.81. The maximum absolute atomic E-state index is 11.6. The molecule has 0 unspecified atom stereocenters. The first-order valence-electron chi connectivity index (χ1n) is 5.01. The zero-order valence-corrected chi connectivity index (χ0v) is 11.1. The fourth-order valence-electron chi connectivity index (χ4n) is 1.60. The summed E-state index contributed by atoms with van der Waals surface area (Å²) in [6.07, 6.45) is 0. The van der Waals surface area contributed by atoms with Gasteiger partial charge >= 0.3 is 5.97 Å². The van der Waals surface area contributed by atoms with Crippen LogP contribution in [-0.2, 0) is 4.74 Å². The largest absolute Gasteiger partial charge is 0.465 e. The van der Waals surface area contributed by atoms with Crippen LogP contribution < -0.4 is 0 Å². The van der Waals surface area contributed by atoms with Gasteiger partial charge < -0.3 is 4.74 Å². The first-order chi connectivity index (χ1) is 8.15. The number of para-hydroxylation sites is 1. The number of nitrogens with zero attached hydrogens (tertiary/aromatic N) is 1. The average molecular weight is 265 g/mol. The highest BCUT2D eigenvalue weighted by atomic mass is 32.1. The van der Waals surface area contributed by atoms with Crippen LogP contribution in [-0.4, -0.2) is 17.6 Å². The lowest BCUT2D eigenvalue weighted by atomic mass is 10.3. The van der Waals surface area contributed by atoms with Gasteiger partial charge in [0.25, 0.3) is 0 Å². The molecule has 0 aliphatic heterocycles. The third-order valence-corrected chi connectivity index (χ3v) is 3.88. The number of thiazole rings is 1. The molecule has 0 fully saturated rings. The smallest absolute Gasteiger partial charge is 0.349 e. The van der Waals surface area contributed by atoms with E-state index in [1.165, 1.54) is 18.4 Å². The van der Waals surface area contributed by atoms with E-state index in [2.05, 4.69) is 0 Å². The fourth-order valence-corrected chi connectivity index (χ4v) is 3.01. The minimum absolute atomic E-state index is 0.340. The van der Waals surface area contributed by atoms with Crippen LogP contribution in [0.5, 0.6) is 0 Å². The van der Waals surface area contributed by atoms with E-state index in [0.29, 0.717) is 8.83 Å². The molecule has 0 spiro atoms. The number of carbonyl (C=O) groups is 1. The number of carbonyl (C=O) groups excluding carboxylic acids is 1. The molecule has 0 saturated heterocycles. The van der Waals surface area contributed by atoms with E-state index >= 15 is 0 Å². The number of rotatable bonds is 2. The maximum Gasteiger partial charge on any atom is 0.349 e. The van der Waals surface area contributed by atoms with E-state index in [9.17, 15) is 4.79 Å². The van der Waals surface area contributed by atoms with Crippen molar-refractivity contribution >= 4 is 29.5 Å². The molecule has 1 aromatic carbocycles. The van der Waals surface area contributed by atoms with Crippen molar-refractivity contribution in [2.45, 2.75) is 6.92 Å². The highest BCUT2D eigenvalue weighted by molar-refractivity contribution is 7.73. The number of ether oxygens (including phenoxy) is 1. The number of aromatic nitrogens is 1. The number of benzene rings is 1. The number of methoxy groups -OCH3 is 1. The summed E-state index contributed by atoms with van der Waals surface area (Å²) >= 11 is 6.55. The van der Waals surface area contributed by atoms with Gasteiger partial charge in [-0.25, -0.2) is 4.79 Å². The molecule has 0 atom stereocenters. The number of hydrogen-bond donors (Lipinski definition) is 0. The zero-order chi connectivity index (χ0) is 12.4. The molecule has 0 radical (unpaired) electrons. The third kappa shape index (κ3) is 2.16. The van der Waals surface area contributed by atoms with Crippen LogP contribution in [0, 0.1) is 10.9 Å². The van der Waals surface area contributed by atoms with Crippen molar-refractivity contribution in [1.29, 1.82) is 0 Å². The van der Waals surface area contributed by atoms with Crippen molar-refractivity contribution in [2.75, 3.05) is 7.11 Å². The number of hydrogen-bond acceptors (Lipinski definition) is 4. The zero-order valence-electron chi connectivity index (χ0n) is 9.47. The first kappa shape index (κ1) is 12.0. The van der Waals surface area contributed by atoms with Gasteiger partial charge in [0.1, 0.15) is 4.88 Å². The van der Waals surface area contributed by atoms with Gasteiger partial charge in [0, 0.05) is 11.4 Å². The Morgan fingerprint density at radius 1 is 1.35 bits per heavy atom. The van der Waals surface area contributed by atoms with Crippen LogP contribution >= 0.6 is 23.6 Å². The van der Waals surface area contributed by atoms with Gasteiger partial charge in [0.05, 0.1) is 7.11 Å². The molecule has 3 nitrogen and oxygen atoms in total. The van der Waals surface area contributed by atoms with Crippen molar-refractivity contribution in [3.05, 3.63) is 44.9 Å². The molecule has 0 bridgehead atoms. The molecule has 88 valence electrons. The molecule has 17 heavy (non-hydrogen) atoms. The van der Waals surface area contributed by atoms with Crippen molar-refractivity contribution in [2.24, 2.45) is 0 Å². The summed E-state index contributed by atoms with van der Waals surface area (Å²) in [6, 6.07) is 9.72. The summed E-state index contributed by atoms with van der Waals surface area (Å²) in [5.41, 5.74) is 1.78. The Balaban J connectivity index is 2.61. The van der Waals surface area contributed by atoms with E-state index in [0.717, 1.165) is 11.4 Å². The third-order valence-electron chi connectivity index (χ3n) is 2.42. The quantitative estimate of drug-likeness (QED) is 0.616. The molecule has 0 amide bonds. The first-order valence-corrected chi connectivity index (χ1v) is 6.24. The Morgan fingerprint density at radius 3 is 2.59 bits per heavy atom. The molecular weight excluding hydrogens is 254 g/mol. The van der Waals surface area contributed by atoms with Gasteiger partial charge in [-0.05, 0) is 31.3 Å². The molecule has 2 rings (SSSR count). The van der Waals surface area contributed by atoms with Gasteiger partial charge in [-0.15, -0.1) is 0 Å². The molecular formula is C12H11NO2S2. The second-order valence-electron chi connectivity index (χ2n) is 3.45. The lowest BCUT2D eigenvalue weighted by Gasteiger charge is -2.05. The highest BCUT2D eigenvalue weighted by Gasteiger charge is 2.16. The Bertz CT molecular complexity index is 599. The Labute approximate surface area is 108 Å². The fraction of sp³-hybridized carbons (Fsp3) is 0.167. The van der Waals surface area contributed by atoms with E-state index < -0.39 is 0 Å². The predicted octanol–water partition coefficient (Wildman–Crippen LogP) is 3.36. The van der Waals surface area contributed by atoms with Crippen LogP contribution in [0.1, 0.15) is 15.4 Å². The SMILES string of the molecule is COC(=O)c1sc(=S)n(-c2ccccc2)c1C. The Morgan fingerprint density at radius 2 is 2.00 bits per heavy atom. The van der Waals surface area contributed by atoms with Crippen LogP contribution in [0.25, 0.3) is 5.69 Å². The highest BCUT2D eigenvalue weighted by Crippen LogP contribution is 2.23. The van der Waals surface area contributed by atoms with Gasteiger partial charge in [-0.2, -0.15) is 0 Å². The predicted molar refractivity (Wildman–Crippen MR) is 70.6 cm³/mol. The average Bonchev–Trinajstić information content (AvgIpc) is 2.65. The molecule has 0 saturated carbocycles. The molecule has 5 heteroatoms. The Kier molecular flexibility index (Phi) is 3.40. The summed E-state index contributed by atoms with van der Waals surface area (Å²) in [5, 5.41) is 0.